The van der Waals surface area contributed by atoms with Crippen molar-refractivity contribution in [1.82, 2.24) is 10.5 Å². The molecule has 1 aromatic carbocycles. The van der Waals surface area contributed by atoms with Gasteiger partial charge in [-0.1, -0.05) is 17.3 Å². The largest absolute Gasteiger partial charge is 0.481 e. The van der Waals surface area contributed by atoms with Gasteiger partial charge in [0.1, 0.15) is 5.82 Å². The molecule has 21 heavy (non-hydrogen) atoms. The van der Waals surface area contributed by atoms with Crippen molar-refractivity contribution in [3.63, 3.8) is 0 Å². The number of carboxylic acid groups (broad SMARTS) is 1. The highest BCUT2D eigenvalue weighted by molar-refractivity contribution is 5.92. The molecule has 0 radical (unpaired) electrons. The summed E-state index contributed by atoms with van der Waals surface area (Å²) in [6, 6.07) is 5.91. The lowest BCUT2D eigenvalue weighted by molar-refractivity contribution is -0.137. The number of benzene rings is 1. The highest BCUT2D eigenvalue weighted by Crippen LogP contribution is 2.18. The lowest BCUT2D eigenvalue weighted by Gasteiger charge is -2.16. The van der Waals surface area contributed by atoms with E-state index in [2.05, 4.69) is 10.5 Å². The number of aliphatic carboxylic acids is 1. The number of nitrogens with zero attached hydrogens (tertiary/aromatic N) is 1. The van der Waals surface area contributed by atoms with Crippen LogP contribution in [0.15, 0.2) is 34.9 Å². The Labute approximate surface area is 119 Å². The van der Waals surface area contributed by atoms with Crippen LogP contribution in [0.2, 0.25) is 0 Å². The molecule has 0 saturated heterocycles. The fraction of sp³-hybridized carbons (Fsp3) is 0.214. The maximum atomic E-state index is 12.9. The van der Waals surface area contributed by atoms with Gasteiger partial charge in [0.2, 0.25) is 5.76 Å². The van der Waals surface area contributed by atoms with Crippen LogP contribution in [0.3, 0.4) is 0 Å². The Morgan fingerprint density at radius 2 is 2.05 bits per heavy atom. The van der Waals surface area contributed by atoms with Gasteiger partial charge in [-0.3, -0.25) is 9.59 Å². The van der Waals surface area contributed by atoms with E-state index in [-0.39, 0.29) is 12.2 Å². The summed E-state index contributed by atoms with van der Waals surface area (Å²) >= 11 is 0. The second kappa shape index (κ2) is 6.17. The number of aromatic nitrogens is 1. The zero-order valence-corrected chi connectivity index (χ0v) is 11.2. The number of rotatable bonds is 5. The molecule has 1 atom stereocenters. The van der Waals surface area contributed by atoms with E-state index >= 15 is 0 Å². The minimum Gasteiger partial charge on any atom is -0.481 e. The van der Waals surface area contributed by atoms with Crippen molar-refractivity contribution in [1.29, 1.82) is 0 Å². The third-order valence-corrected chi connectivity index (χ3v) is 2.81. The van der Waals surface area contributed by atoms with Crippen LogP contribution in [0.4, 0.5) is 4.39 Å². The van der Waals surface area contributed by atoms with Gasteiger partial charge in [0.25, 0.3) is 5.91 Å². The van der Waals surface area contributed by atoms with Crippen LogP contribution in [-0.2, 0) is 4.79 Å². The van der Waals surface area contributed by atoms with Gasteiger partial charge < -0.3 is 14.9 Å². The molecule has 1 heterocycles. The number of hydrogen-bond acceptors (Lipinski definition) is 4. The minimum absolute atomic E-state index is 0.00926. The van der Waals surface area contributed by atoms with Crippen LogP contribution >= 0.6 is 0 Å². The average Bonchev–Trinajstić information content (AvgIpc) is 2.85. The number of carboxylic acids is 1. The van der Waals surface area contributed by atoms with Crippen molar-refractivity contribution in [2.75, 3.05) is 0 Å². The Hall–Kier alpha value is -2.70. The van der Waals surface area contributed by atoms with Crippen molar-refractivity contribution in [3.05, 3.63) is 53.2 Å². The number of aryl methyl sites for hydroxylation is 1. The number of amides is 1. The fourth-order valence-electron chi connectivity index (χ4n) is 1.82. The number of carbonyl (C=O) groups is 2. The van der Waals surface area contributed by atoms with Crippen molar-refractivity contribution < 1.29 is 23.6 Å². The lowest BCUT2D eigenvalue weighted by atomic mass is 10.0. The van der Waals surface area contributed by atoms with Crippen LogP contribution in [0, 0.1) is 12.7 Å². The van der Waals surface area contributed by atoms with E-state index in [4.69, 9.17) is 9.63 Å². The molecule has 0 fully saturated rings. The first kappa shape index (κ1) is 14.7. The van der Waals surface area contributed by atoms with Gasteiger partial charge in [-0.05, 0) is 24.6 Å². The monoisotopic (exact) mass is 292 g/mol. The van der Waals surface area contributed by atoms with E-state index in [9.17, 15) is 14.0 Å². The Morgan fingerprint density at radius 3 is 2.57 bits per heavy atom. The molecule has 0 aliphatic heterocycles. The standard InChI is InChI=1S/C14H13FN2O4/c1-8-6-12(21-17-8)14(20)16-11(7-13(18)19)9-2-4-10(15)5-3-9/h2-6,11H,7H2,1H3,(H,16,20)(H,18,19). The van der Waals surface area contributed by atoms with Crippen molar-refractivity contribution in [3.8, 4) is 0 Å². The van der Waals surface area contributed by atoms with Gasteiger partial charge in [0.05, 0.1) is 18.2 Å². The highest BCUT2D eigenvalue weighted by Gasteiger charge is 2.21. The molecule has 0 aliphatic carbocycles. The second-order valence-corrected chi connectivity index (χ2v) is 4.51. The van der Waals surface area contributed by atoms with Gasteiger partial charge in [-0.2, -0.15) is 0 Å². The van der Waals surface area contributed by atoms with E-state index in [0.29, 0.717) is 11.3 Å². The van der Waals surface area contributed by atoms with E-state index in [1.165, 1.54) is 30.3 Å². The molecule has 1 unspecified atom stereocenters. The Morgan fingerprint density at radius 1 is 1.38 bits per heavy atom. The summed E-state index contributed by atoms with van der Waals surface area (Å²) in [5.41, 5.74) is 1.03. The van der Waals surface area contributed by atoms with Crippen LogP contribution in [0.1, 0.15) is 34.3 Å². The van der Waals surface area contributed by atoms with Crippen LogP contribution < -0.4 is 5.32 Å². The molecule has 7 heteroatoms. The number of nitrogens with one attached hydrogen (secondary N) is 1. The zero-order valence-electron chi connectivity index (χ0n) is 11.2. The molecule has 1 aromatic heterocycles. The molecule has 2 rings (SSSR count). The van der Waals surface area contributed by atoms with E-state index in [1.807, 2.05) is 0 Å². The van der Waals surface area contributed by atoms with Gasteiger partial charge >= 0.3 is 5.97 Å². The first-order valence-corrected chi connectivity index (χ1v) is 6.17. The quantitative estimate of drug-likeness (QED) is 0.880. The molecular weight excluding hydrogens is 279 g/mol. The Bertz CT molecular complexity index is 651. The number of hydrogen-bond donors (Lipinski definition) is 2. The normalized spacial score (nSPS) is 11.9. The third kappa shape index (κ3) is 3.88. The van der Waals surface area contributed by atoms with E-state index in [0.717, 1.165) is 0 Å². The molecule has 0 saturated carbocycles. The summed E-state index contributed by atoms with van der Waals surface area (Å²) in [5, 5.41) is 15.1. The summed E-state index contributed by atoms with van der Waals surface area (Å²) in [7, 11) is 0. The minimum atomic E-state index is -1.08. The molecule has 0 aliphatic rings. The molecule has 2 N–H and O–H groups in total. The molecular formula is C14H13FN2O4. The summed E-state index contributed by atoms with van der Waals surface area (Å²) in [4.78, 5) is 22.9. The average molecular weight is 292 g/mol. The van der Waals surface area contributed by atoms with E-state index in [1.54, 1.807) is 6.92 Å². The number of carbonyl (C=O) groups excluding carboxylic acids is 1. The maximum Gasteiger partial charge on any atom is 0.305 e. The SMILES string of the molecule is Cc1cc(C(=O)NC(CC(=O)O)c2ccc(F)cc2)on1. The van der Waals surface area contributed by atoms with E-state index < -0.39 is 23.7 Å². The first-order valence-electron chi connectivity index (χ1n) is 6.17. The van der Waals surface area contributed by atoms with Crippen LogP contribution in [-0.4, -0.2) is 22.1 Å². The smallest absolute Gasteiger partial charge is 0.305 e. The topological polar surface area (TPSA) is 92.4 Å². The summed E-state index contributed by atoms with van der Waals surface area (Å²) < 4.78 is 17.7. The molecule has 0 bridgehead atoms. The van der Waals surface area contributed by atoms with Gasteiger partial charge in [0.15, 0.2) is 0 Å². The Kier molecular flexibility index (Phi) is 4.32. The van der Waals surface area contributed by atoms with Crippen molar-refractivity contribution in [2.45, 2.75) is 19.4 Å². The molecule has 6 nitrogen and oxygen atoms in total. The van der Waals surface area contributed by atoms with Crippen LogP contribution in [0.5, 0.6) is 0 Å². The summed E-state index contributed by atoms with van der Waals surface area (Å²) in [5.74, 6) is -2.11. The highest BCUT2D eigenvalue weighted by atomic mass is 19.1. The summed E-state index contributed by atoms with van der Waals surface area (Å²) in [6.45, 7) is 1.66. The summed E-state index contributed by atoms with van der Waals surface area (Å²) in [6.07, 6.45) is -0.329. The molecule has 2 aromatic rings. The third-order valence-electron chi connectivity index (χ3n) is 2.81. The zero-order chi connectivity index (χ0) is 15.4. The van der Waals surface area contributed by atoms with Crippen molar-refractivity contribution in [2.24, 2.45) is 0 Å². The lowest BCUT2D eigenvalue weighted by Crippen LogP contribution is -2.30. The van der Waals surface area contributed by atoms with Crippen LogP contribution in [0.25, 0.3) is 0 Å². The molecule has 1 amide bonds. The first-order chi connectivity index (χ1) is 9.95. The molecule has 110 valence electrons. The second-order valence-electron chi connectivity index (χ2n) is 4.51. The predicted octanol–water partition coefficient (Wildman–Crippen LogP) is 2.07. The number of halogens is 1. The van der Waals surface area contributed by atoms with Gasteiger partial charge in [0, 0.05) is 6.07 Å². The fourth-order valence-corrected chi connectivity index (χ4v) is 1.82. The van der Waals surface area contributed by atoms with Crippen molar-refractivity contribution >= 4 is 11.9 Å². The molecule has 0 spiro atoms. The maximum absolute atomic E-state index is 12.9. The van der Waals surface area contributed by atoms with Gasteiger partial charge in [-0.25, -0.2) is 4.39 Å². The predicted molar refractivity (Wildman–Crippen MR) is 70.1 cm³/mol. The Balaban J connectivity index is 2.18. The van der Waals surface area contributed by atoms with Gasteiger partial charge in [-0.15, -0.1) is 0 Å².